The number of benzene rings is 2. The fraction of sp³-hybridized carbons (Fsp3) is 0.400. The first-order chi connectivity index (χ1) is 15.5. The van der Waals surface area contributed by atoms with Gasteiger partial charge >= 0.3 is 0 Å². The minimum Gasteiger partial charge on any atom is -0.332 e. The molecule has 0 saturated heterocycles. The number of hydrogen-bond acceptors (Lipinski definition) is 5. The van der Waals surface area contributed by atoms with Crippen molar-refractivity contribution >= 4 is 30.0 Å². The first kappa shape index (κ1) is 22.6. The highest BCUT2D eigenvalue weighted by atomic mass is 32.2. The molecule has 2 aromatic rings. The molecule has 1 unspecified atom stereocenters. The van der Waals surface area contributed by atoms with Gasteiger partial charge in [0.15, 0.2) is 0 Å². The van der Waals surface area contributed by atoms with Gasteiger partial charge in [0.2, 0.25) is 12.3 Å². The van der Waals surface area contributed by atoms with Crippen LogP contribution in [0.25, 0.3) is 0 Å². The summed E-state index contributed by atoms with van der Waals surface area (Å²) >= 11 is 1.76. The molecular formula is C25H29N3O3S. The quantitative estimate of drug-likeness (QED) is 0.403. The Balaban J connectivity index is 1.35. The van der Waals surface area contributed by atoms with Crippen molar-refractivity contribution in [3.8, 4) is 0 Å². The fourth-order valence-corrected chi connectivity index (χ4v) is 4.95. The summed E-state index contributed by atoms with van der Waals surface area (Å²) in [6, 6.07) is 15.3. The topological polar surface area (TPSA) is 78.5 Å². The summed E-state index contributed by atoms with van der Waals surface area (Å²) in [6.07, 6.45) is 3.72. The standard InChI is InChI=1S/C25H29N3O3S/c1-17(5-12-24(30)27-16-29)28-14-22-21(25(28)31)3-2-4-23(22)32-15-19-8-6-18(7-9-19)13-26-20-10-11-20/h2-4,6-9,16-17,20,26H,5,10-15H2,1H3,(H,27,29,30). The van der Waals surface area contributed by atoms with E-state index in [1.54, 1.807) is 11.8 Å². The molecule has 6 nitrogen and oxygen atoms in total. The molecule has 32 heavy (non-hydrogen) atoms. The summed E-state index contributed by atoms with van der Waals surface area (Å²) in [4.78, 5) is 37.9. The normalized spacial score (nSPS) is 16.0. The zero-order valence-electron chi connectivity index (χ0n) is 18.3. The maximum absolute atomic E-state index is 12.9. The molecule has 168 valence electrons. The van der Waals surface area contributed by atoms with Crippen LogP contribution < -0.4 is 10.6 Å². The van der Waals surface area contributed by atoms with Crippen molar-refractivity contribution in [1.82, 2.24) is 15.5 Å². The third-order valence-corrected chi connectivity index (χ3v) is 7.25. The minimum atomic E-state index is -0.318. The van der Waals surface area contributed by atoms with Gasteiger partial charge in [-0.25, -0.2) is 0 Å². The molecule has 1 saturated carbocycles. The molecule has 0 spiro atoms. The molecule has 0 bridgehead atoms. The Morgan fingerprint density at radius 3 is 2.66 bits per heavy atom. The van der Waals surface area contributed by atoms with E-state index in [0.717, 1.165) is 28.3 Å². The zero-order chi connectivity index (χ0) is 22.5. The maximum Gasteiger partial charge on any atom is 0.254 e. The van der Waals surface area contributed by atoms with Crippen LogP contribution in [0.5, 0.6) is 0 Å². The summed E-state index contributed by atoms with van der Waals surface area (Å²) in [6.45, 7) is 3.43. The first-order valence-corrected chi connectivity index (χ1v) is 12.1. The number of fused-ring (bicyclic) bond motifs is 1. The Morgan fingerprint density at radius 2 is 1.94 bits per heavy atom. The van der Waals surface area contributed by atoms with Crippen molar-refractivity contribution in [2.24, 2.45) is 0 Å². The van der Waals surface area contributed by atoms with E-state index < -0.39 is 0 Å². The second-order valence-electron chi connectivity index (χ2n) is 8.55. The molecule has 1 aliphatic heterocycles. The molecule has 2 aliphatic rings. The minimum absolute atomic E-state index is 0.0123. The molecule has 1 aliphatic carbocycles. The van der Waals surface area contributed by atoms with E-state index in [0.29, 0.717) is 25.4 Å². The lowest BCUT2D eigenvalue weighted by atomic mass is 10.1. The van der Waals surface area contributed by atoms with Gasteiger partial charge in [-0.05, 0) is 55.0 Å². The first-order valence-electron chi connectivity index (χ1n) is 11.1. The van der Waals surface area contributed by atoms with Gasteiger partial charge in [0.25, 0.3) is 5.91 Å². The van der Waals surface area contributed by atoms with E-state index in [9.17, 15) is 14.4 Å². The fourth-order valence-electron chi connectivity index (χ4n) is 3.91. The Morgan fingerprint density at radius 1 is 1.19 bits per heavy atom. The van der Waals surface area contributed by atoms with E-state index in [2.05, 4.69) is 41.0 Å². The molecule has 2 aromatic carbocycles. The smallest absolute Gasteiger partial charge is 0.254 e. The van der Waals surface area contributed by atoms with Crippen LogP contribution in [-0.4, -0.2) is 35.2 Å². The lowest BCUT2D eigenvalue weighted by Gasteiger charge is -2.24. The van der Waals surface area contributed by atoms with Crippen LogP contribution in [0.15, 0.2) is 47.4 Å². The number of amides is 3. The molecule has 1 atom stereocenters. The highest BCUT2D eigenvalue weighted by molar-refractivity contribution is 7.98. The number of thioether (sulfide) groups is 1. The van der Waals surface area contributed by atoms with Crippen molar-refractivity contribution in [1.29, 1.82) is 0 Å². The number of nitrogens with zero attached hydrogens (tertiary/aromatic N) is 1. The summed E-state index contributed by atoms with van der Waals surface area (Å²) in [7, 11) is 0. The van der Waals surface area contributed by atoms with E-state index >= 15 is 0 Å². The van der Waals surface area contributed by atoms with Gasteiger partial charge in [-0.3, -0.25) is 19.7 Å². The Labute approximate surface area is 193 Å². The second kappa shape index (κ2) is 10.3. The van der Waals surface area contributed by atoms with Crippen molar-refractivity contribution in [3.05, 3.63) is 64.7 Å². The molecular weight excluding hydrogens is 422 g/mol. The Bertz CT molecular complexity index is 988. The number of carbonyl (C=O) groups excluding carboxylic acids is 3. The number of imide groups is 1. The Kier molecular flexibility index (Phi) is 7.27. The summed E-state index contributed by atoms with van der Waals surface area (Å²) in [5.74, 6) is 0.544. The van der Waals surface area contributed by atoms with E-state index in [-0.39, 0.29) is 24.3 Å². The third-order valence-electron chi connectivity index (χ3n) is 6.08. The predicted octanol–water partition coefficient (Wildman–Crippen LogP) is 3.63. The highest BCUT2D eigenvalue weighted by Crippen LogP contribution is 2.35. The number of hydrogen-bond donors (Lipinski definition) is 2. The summed E-state index contributed by atoms with van der Waals surface area (Å²) in [5.41, 5.74) is 4.39. The maximum atomic E-state index is 12.9. The van der Waals surface area contributed by atoms with E-state index in [4.69, 9.17) is 0 Å². The van der Waals surface area contributed by atoms with E-state index in [1.165, 1.54) is 24.0 Å². The van der Waals surface area contributed by atoms with Gasteiger partial charge in [0.1, 0.15) is 0 Å². The molecule has 0 aromatic heterocycles. The molecule has 3 amide bonds. The van der Waals surface area contributed by atoms with Crippen molar-refractivity contribution < 1.29 is 14.4 Å². The molecule has 2 N–H and O–H groups in total. The van der Waals surface area contributed by atoms with Crippen molar-refractivity contribution in [2.75, 3.05) is 0 Å². The monoisotopic (exact) mass is 451 g/mol. The lowest BCUT2D eigenvalue weighted by molar-refractivity contribution is -0.125. The molecule has 1 fully saturated rings. The van der Waals surface area contributed by atoms with E-state index in [1.807, 2.05) is 24.0 Å². The van der Waals surface area contributed by atoms with Crippen LogP contribution in [0.4, 0.5) is 0 Å². The average molecular weight is 452 g/mol. The van der Waals surface area contributed by atoms with Crippen molar-refractivity contribution in [3.63, 3.8) is 0 Å². The second-order valence-corrected chi connectivity index (χ2v) is 9.57. The van der Waals surface area contributed by atoms with Crippen LogP contribution in [-0.2, 0) is 28.4 Å². The number of carbonyl (C=O) groups is 3. The van der Waals surface area contributed by atoms with Gasteiger partial charge in [-0.2, -0.15) is 0 Å². The molecule has 7 heteroatoms. The largest absolute Gasteiger partial charge is 0.332 e. The lowest BCUT2D eigenvalue weighted by Crippen LogP contribution is -2.34. The van der Waals surface area contributed by atoms with Gasteiger partial charge in [0, 0.05) is 47.8 Å². The highest BCUT2D eigenvalue weighted by Gasteiger charge is 2.32. The molecule has 1 heterocycles. The van der Waals surface area contributed by atoms with Crippen LogP contribution >= 0.6 is 11.8 Å². The van der Waals surface area contributed by atoms with Gasteiger partial charge in [0.05, 0.1) is 0 Å². The van der Waals surface area contributed by atoms with Gasteiger partial charge in [-0.1, -0.05) is 30.3 Å². The zero-order valence-corrected chi connectivity index (χ0v) is 19.1. The van der Waals surface area contributed by atoms with Crippen LogP contribution in [0, 0.1) is 0 Å². The summed E-state index contributed by atoms with van der Waals surface area (Å²) in [5, 5.41) is 5.69. The van der Waals surface area contributed by atoms with Crippen LogP contribution in [0.3, 0.4) is 0 Å². The average Bonchev–Trinajstić information content (AvgIpc) is 3.57. The number of rotatable bonds is 11. The predicted molar refractivity (Wildman–Crippen MR) is 125 cm³/mol. The van der Waals surface area contributed by atoms with Gasteiger partial charge in [-0.15, -0.1) is 11.8 Å². The van der Waals surface area contributed by atoms with Crippen molar-refractivity contribution in [2.45, 2.75) is 68.4 Å². The summed E-state index contributed by atoms with van der Waals surface area (Å²) < 4.78 is 0. The third kappa shape index (κ3) is 5.58. The van der Waals surface area contributed by atoms with Crippen LogP contribution in [0.2, 0.25) is 0 Å². The Hall–Kier alpha value is -2.64. The SMILES string of the molecule is CC(CCC(=O)NC=O)N1Cc2c(SCc3ccc(CNC4CC4)cc3)cccc2C1=O. The molecule has 0 radical (unpaired) electrons. The number of nitrogens with one attached hydrogen (secondary N) is 2. The molecule has 4 rings (SSSR count). The van der Waals surface area contributed by atoms with Gasteiger partial charge < -0.3 is 10.2 Å². The van der Waals surface area contributed by atoms with Crippen LogP contribution in [0.1, 0.15) is 59.7 Å².